The summed E-state index contributed by atoms with van der Waals surface area (Å²) in [5.41, 5.74) is 1.48. The van der Waals surface area contributed by atoms with Gasteiger partial charge in [-0.15, -0.1) is 11.8 Å². The van der Waals surface area contributed by atoms with Crippen LogP contribution in [0.2, 0.25) is 0 Å². The summed E-state index contributed by atoms with van der Waals surface area (Å²) in [7, 11) is 0. The van der Waals surface area contributed by atoms with Gasteiger partial charge in [0, 0.05) is 13.1 Å². The first kappa shape index (κ1) is 24.1. The molecule has 32 heavy (non-hydrogen) atoms. The Labute approximate surface area is 193 Å². The summed E-state index contributed by atoms with van der Waals surface area (Å²) < 4.78 is 19.1. The second kappa shape index (κ2) is 12.5. The highest BCUT2D eigenvalue weighted by Gasteiger charge is 2.22. The van der Waals surface area contributed by atoms with Gasteiger partial charge in [-0.2, -0.15) is 0 Å². The number of hydrogen-bond acceptors (Lipinski definition) is 4. The van der Waals surface area contributed by atoms with Gasteiger partial charge in [0.25, 0.3) is 0 Å². The van der Waals surface area contributed by atoms with E-state index in [4.69, 9.17) is 4.74 Å². The fourth-order valence-corrected chi connectivity index (χ4v) is 4.55. The van der Waals surface area contributed by atoms with Gasteiger partial charge in [-0.1, -0.05) is 24.3 Å². The van der Waals surface area contributed by atoms with Crippen molar-refractivity contribution in [3.05, 3.63) is 59.9 Å². The van der Waals surface area contributed by atoms with E-state index in [0.717, 1.165) is 44.5 Å². The molecule has 0 atom stereocenters. The average Bonchev–Trinajstić information content (AvgIpc) is 2.80. The summed E-state index contributed by atoms with van der Waals surface area (Å²) in [4.78, 5) is 26.3. The Morgan fingerprint density at radius 3 is 2.50 bits per heavy atom. The lowest BCUT2D eigenvalue weighted by molar-refractivity contribution is -0.129. The molecule has 0 aromatic heterocycles. The normalized spacial score (nSPS) is 14.2. The fourth-order valence-electron chi connectivity index (χ4n) is 3.83. The van der Waals surface area contributed by atoms with Gasteiger partial charge in [-0.3, -0.25) is 9.59 Å². The largest absolute Gasteiger partial charge is 0.494 e. The van der Waals surface area contributed by atoms with E-state index >= 15 is 0 Å². The second-order valence-corrected chi connectivity index (χ2v) is 8.95. The first-order valence-electron chi connectivity index (χ1n) is 11.2. The Balaban J connectivity index is 1.31. The molecule has 0 radical (unpaired) electrons. The maximum atomic E-state index is 13.6. The second-order valence-electron chi connectivity index (χ2n) is 7.96. The first-order chi connectivity index (χ1) is 15.5. The molecule has 5 nitrogen and oxygen atoms in total. The molecule has 0 saturated carbocycles. The summed E-state index contributed by atoms with van der Waals surface area (Å²) in [6.45, 7) is 4.20. The van der Waals surface area contributed by atoms with Crippen LogP contribution < -0.4 is 10.1 Å². The number of aryl methyl sites for hydroxylation is 1. The van der Waals surface area contributed by atoms with Crippen LogP contribution >= 0.6 is 11.8 Å². The molecule has 7 heteroatoms. The third-order valence-electron chi connectivity index (χ3n) is 5.65. The minimum atomic E-state index is -0.465. The summed E-state index contributed by atoms with van der Waals surface area (Å²) in [5.74, 6) is 1.22. The van der Waals surface area contributed by atoms with Gasteiger partial charge < -0.3 is 15.0 Å². The molecule has 1 aliphatic heterocycles. The number of rotatable bonds is 10. The lowest BCUT2D eigenvalue weighted by Crippen LogP contribution is -2.39. The number of ether oxygens (including phenoxy) is 1. The minimum Gasteiger partial charge on any atom is -0.494 e. The molecule has 0 spiro atoms. The lowest BCUT2D eigenvalue weighted by Gasteiger charge is -2.32. The number of likely N-dealkylation sites (tertiary alicyclic amines) is 1. The van der Waals surface area contributed by atoms with Crippen LogP contribution in [0.1, 0.15) is 31.7 Å². The molecule has 0 unspecified atom stereocenters. The SMILES string of the molecule is CCOc1ccc(CCC2CCN(C(=O)CSCC(=O)Nc3ccccc3F)CC2)cc1. The quantitative estimate of drug-likeness (QED) is 0.557. The van der Waals surface area contributed by atoms with Crippen LogP contribution in [0.25, 0.3) is 0 Å². The molecule has 0 aliphatic carbocycles. The van der Waals surface area contributed by atoms with Gasteiger partial charge in [0.15, 0.2) is 0 Å². The van der Waals surface area contributed by atoms with Crippen molar-refractivity contribution in [3.8, 4) is 5.75 Å². The van der Waals surface area contributed by atoms with Crippen molar-refractivity contribution < 1.29 is 18.7 Å². The Kier molecular flexibility index (Phi) is 9.41. The van der Waals surface area contributed by atoms with Crippen LogP contribution in [0.3, 0.4) is 0 Å². The maximum Gasteiger partial charge on any atom is 0.234 e. The number of thioether (sulfide) groups is 1. The van der Waals surface area contributed by atoms with Crippen molar-refractivity contribution in [1.29, 1.82) is 0 Å². The van der Waals surface area contributed by atoms with E-state index in [2.05, 4.69) is 17.4 Å². The van der Waals surface area contributed by atoms with E-state index in [1.807, 2.05) is 24.0 Å². The van der Waals surface area contributed by atoms with Crippen LogP contribution in [0.5, 0.6) is 5.75 Å². The van der Waals surface area contributed by atoms with E-state index in [1.54, 1.807) is 12.1 Å². The van der Waals surface area contributed by atoms with Crippen LogP contribution in [0, 0.1) is 11.7 Å². The molecule has 1 saturated heterocycles. The topological polar surface area (TPSA) is 58.6 Å². The van der Waals surface area contributed by atoms with Crippen molar-refractivity contribution in [1.82, 2.24) is 4.90 Å². The number of anilines is 1. The molecule has 1 aliphatic rings. The van der Waals surface area contributed by atoms with Gasteiger partial charge in [0.2, 0.25) is 11.8 Å². The number of hydrogen-bond donors (Lipinski definition) is 1. The number of piperidine rings is 1. The number of benzene rings is 2. The zero-order valence-corrected chi connectivity index (χ0v) is 19.3. The standard InChI is InChI=1S/C25H31FN2O3S/c1-2-31-21-11-9-19(10-12-21)7-8-20-13-15-28(16-14-20)25(30)18-32-17-24(29)27-23-6-4-3-5-22(23)26/h3-6,9-12,20H,2,7-8,13-18H2,1H3,(H,27,29). The van der Waals surface area contributed by atoms with Gasteiger partial charge in [-0.05, 0) is 68.4 Å². The first-order valence-corrected chi connectivity index (χ1v) is 12.3. The maximum absolute atomic E-state index is 13.6. The van der Waals surface area contributed by atoms with E-state index in [0.29, 0.717) is 12.5 Å². The molecular formula is C25H31FN2O3S. The van der Waals surface area contributed by atoms with Gasteiger partial charge in [0.1, 0.15) is 11.6 Å². The van der Waals surface area contributed by atoms with Crippen LogP contribution in [0.15, 0.2) is 48.5 Å². The van der Waals surface area contributed by atoms with Crippen molar-refractivity contribution in [2.75, 3.05) is 36.5 Å². The van der Waals surface area contributed by atoms with Gasteiger partial charge in [-0.25, -0.2) is 4.39 Å². The number of carbonyl (C=O) groups is 2. The van der Waals surface area contributed by atoms with Gasteiger partial charge in [0.05, 0.1) is 23.8 Å². The number of amides is 2. The predicted octanol–water partition coefficient (Wildman–Crippen LogP) is 4.77. The van der Waals surface area contributed by atoms with E-state index in [9.17, 15) is 14.0 Å². The molecule has 0 bridgehead atoms. The number of carbonyl (C=O) groups excluding carboxylic acids is 2. The molecule has 2 aromatic rings. The zero-order chi connectivity index (χ0) is 22.8. The number of nitrogens with zero attached hydrogens (tertiary/aromatic N) is 1. The minimum absolute atomic E-state index is 0.0682. The Morgan fingerprint density at radius 2 is 1.81 bits per heavy atom. The Hall–Kier alpha value is -2.54. The summed E-state index contributed by atoms with van der Waals surface area (Å²) in [6.07, 6.45) is 4.20. The smallest absolute Gasteiger partial charge is 0.234 e. The molecule has 1 N–H and O–H groups in total. The number of para-hydroxylation sites is 1. The highest BCUT2D eigenvalue weighted by Crippen LogP contribution is 2.24. The third kappa shape index (κ3) is 7.55. The summed E-state index contributed by atoms with van der Waals surface area (Å²) in [5, 5.41) is 2.54. The predicted molar refractivity (Wildman–Crippen MR) is 128 cm³/mol. The highest BCUT2D eigenvalue weighted by molar-refractivity contribution is 8.00. The number of halogens is 1. The Bertz CT molecular complexity index is 883. The fraction of sp³-hybridized carbons (Fsp3) is 0.440. The average molecular weight is 459 g/mol. The molecule has 2 amide bonds. The number of nitrogens with one attached hydrogen (secondary N) is 1. The van der Waals surface area contributed by atoms with E-state index in [-0.39, 0.29) is 29.0 Å². The highest BCUT2D eigenvalue weighted by atomic mass is 32.2. The molecule has 172 valence electrons. The molecule has 1 heterocycles. The molecule has 2 aromatic carbocycles. The van der Waals surface area contributed by atoms with Crippen LogP contribution in [-0.2, 0) is 16.0 Å². The van der Waals surface area contributed by atoms with E-state index in [1.165, 1.54) is 29.5 Å². The van der Waals surface area contributed by atoms with Gasteiger partial charge >= 0.3 is 0 Å². The summed E-state index contributed by atoms with van der Waals surface area (Å²) >= 11 is 1.27. The van der Waals surface area contributed by atoms with Crippen molar-refractivity contribution in [2.45, 2.75) is 32.6 Å². The molecule has 3 rings (SSSR count). The molecular weight excluding hydrogens is 427 g/mol. The van der Waals surface area contributed by atoms with E-state index < -0.39 is 5.82 Å². The van der Waals surface area contributed by atoms with Crippen LogP contribution in [-0.4, -0.2) is 47.9 Å². The van der Waals surface area contributed by atoms with Crippen molar-refractivity contribution >= 4 is 29.3 Å². The Morgan fingerprint density at radius 1 is 1.09 bits per heavy atom. The molecule has 1 fully saturated rings. The van der Waals surface area contributed by atoms with Crippen molar-refractivity contribution in [3.63, 3.8) is 0 Å². The summed E-state index contributed by atoms with van der Waals surface area (Å²) in [6, 6.07) is 14.4. The third-order valence-corrected chi connectivity index (χ3v) is 6.57. The monoisotopic (exact) mass is 458 g/mol. The van der Waals surface area contributed by atoms with Crippen molar-refractivity contribution in [2.24, 2.45) is 5.92 Å². The lowest BCUT2D eigenvalue weighted by atomic mass is 9.90. The zero-order valence-electron chi connectivity index (χ0n) is 18.5. The van der Waals surface area contributed by atoms with Crippen LogP contribution in [0.4, 0.5) is 10.1 Å².